The van der Waals surface area contributed by atoms with Gasteiger partial charge in [-0.2, -0.15) is 0 Å². The highest BCUT2D eigenvalue weighted by molar-refractivity contribution is 6.08. The molecule has 0 fully saturated rings. The second kappa shape index (κ2) is 6.99. The number of hydrazine groups is 1. The number of benzene rings is 1. The van der Waals surface area contributed by atoms with Gasteiger partial charge in [-0.1, -0.05) is 30.4 Å². The summed E-state index contributed by atoms with van der Waals surface area (Å²) in [5, 5.41) is 7.62. The van der Waals surface area contributed by atoms with Crippen LogP contribution in [0.5, 0.6) is 0 Å². The summed E-state index contributed by atoms with van der Waals surface area (Å²) >= 11 is 0. The molecule has 0 saturated carbocycles. The first-order valence-electron chi connectivity index (χ1n) is 8.37. The Kier molecular flexibility index (Phi) is 4.76. The number of allylic oxidation sites excluding steroid dienone is 1. The zero-order valence-electron chi connectivity index (χ0n) is 15.3. The fourth-order valence-corrected chi connectivity index (χ4v) is 2.91. The Morgan fingerprint density at radius 3 is 2.56 bits per heavy atom. The van der Waals surface area contributed by atoms with Crippen molar-refractivity contribution in [2.24, 2.45) is 4.99 Å². The van der Waals surface area contributed by atoms with Gasteiger partial charge in [0.15, 0.2) is 5.84 Å². The molecule has 3 rings (SSSR count). The van der Waals surface area contributed by atoms with Crippen LogP contribution in [0.4, 0.5) is 5.69 Å². The van der Waals surface area contributed by atoms with Gasteiger partial charge in [-0.25, -0.2) is 10.0 Å². The molecule has 0 saturated heterocycles. The molecule has 0 bridgehead atoms. The number of amidine groups is 1. The van der Waals surface area contributed by atoms with E-state index in [9.17, 15) is 0 Å². The third kappa shape index (κ3) is 3.51. The zero-order chi connectivity index (χ0) is 18.0. The van der Waals surface area contributed by atoms with Crippen LogP contribution in [0.15, 0.2) is 77.5 Å². The molecular formula is C20H25N5. The van der Waals surface area contributed by atoms with E-state index in [1.54, 1.807) is 6.20 Å². The summed E-state index contributed by atoms with van der Waals surface area (Å²) in [5.41, 5.74) is 5.43. The summed E-state index contributed by atoms with van der Waals surface area (Å²) < 4.78 is 0. The maximum Gasteiger partial charge on any atom is 0.154 e. The van der Waals surface area contributed by atoms with Crippen molar-refractivity contribution in [2.75, 3.05) is 26.0 Å². The maximum atomic E-state index is 4.47. The minimum absolute atomic E-state index is 0.756. The topological polar surface area (TPSA) is 34.1 Å². The van der Waals surface area contributed by atoms with Crippen molar-refractivity contribution in [3.63, 3.8) is 0 Å². The molecule has 1 aromatic rings. The molecule has 2 aliphatic rings. The van der Waals surface area contributed by atoms with Crippen molar-refractivity contribution in [3.8, 4) is 0 Å². The molecule has 5 heteroatoms. The second-order valence-electron chi connectivity index (χ2n) is 6.30. The summed E-state index contributed by atoms with van der Waals surface area (Å²) in [5.74, 6) is 0.756. The van der Waals surface area contributed by atoms with Gasteiger partial charge in [0.25, 0.3) is 0 Å². The van der Waals surface area contributed by atoms with Gasteiger partial charge in [-0.05, 0) is 26.0 Å². The van der Waals surface area contributed by atoms with E-state index in [0.29, 0.717) is 0 Å². The van der Waals surface area contributed by atoms with Crippen molar-refractivity contribution >= 4 is 11.5 Å². The fraction of sp³-hybridized carbons (Fsp3) is 0.250. The smallest absolute Gasteiger partial charge is 0.154 e. The first-order chi connectivity index (χ1) is 12.0. The van der Waals surface area contributed by atoms with Gasteiger partial charge in [0.05, 0.1) is 5.70 Å². The third-order valence-electron chi connectivity index (χ3n) is 4.44. The molecule has 0 aromatic heterocycles. The number of likely N-dealkylation sites (N-methyl/N-ethyl adjacent to an activating group) is 1. The average Bonchev–Trinajstić information content (AvgIpc) is 2.92. The largest absolute Gasteiger partial charge is 0.339 e. The molecule has 5 nitrogen and oxygen atoms in total. The van der Waals surface area contributed by atoms with Crippen LogP contribution in [-0.2, 0) is 0 Å². The van der Waals surface area contributed by atoms with Crippen molar-refractivity contribution < 1.29 is 0 Å². The lowest BCUT2D eigenvalue weighted by Crippen LogP contribution is -2.30. The average molecular weight is 335 g/mol. The summed E-state index contributed by atoms with van der Waals surface area (Å²) in [6, 6.07) is 8.25. The lowest BCUT2D eigenvalue weighted by Gasteiger charge is -2.29. The number of aryl methyl sites for hydroxylation is 1. The number of rotatable bonds is 3. The van der Waals surface area contributed by atoms with Crippen LogP contribution in [0.25, 0.3) is 0 Å². The van der Waals surface area contributed by atoms with Crippen LogP contribution < -0.4 is 5.32 Å². The van der Waals surface area contributed by atoms with Crippen molar-refractivity contribution in [2.45, 2.75) is 13.8 Å². The minimum Gasteiger partial charge on any atom is -0.339 e. The molecule has 0 radical (unpaired) electrons. The number of anilines is 1. The van der Waals surface area contributed by atoms with E-state index in [1.807, 2.05) is 25.4 Å². The maximum absolute atomic E-state index is 4.47. The minimum atomic E-state index is 0.756. The highest BCUT2D eigenvalue weighted by Gasteiger charge is 2.24. The van der Waals surface area contributed by atoms with Gasteiger partial charge in [-0.15, -0.1) is 0 Å². The molecule has 130 valence electrons. The van der Waals surface area contributed by atoms with Crippen molar-refractivity contribution in [1.82, 2.24) is 14.9 Å². The summed E-state index contributed by atoms with van der Waals surface area (Å²) in [7, 11) is 4.12. The first-order valence-corrected chi connectivity index (χ1v) is 8.37. The summed E-state index contributed by atoms with van der Waals surface area (Å²) in [4.78, 5) is 6.55. The van der Waals surface area contributed by atoms with Gasteiger partial charge in [0.2, 0.25) is 0 Å². The standard InChI is InChI=1S/C20H25N5/c1-6-19(17-13-23(4)24(5)14-17)25-12-11-21-20(16(25)3)22-18-9-7-15(2)8-10-18/h6-13H,3,14H2,1-2,4-5H3,(H,21,22)/b19-6-. The molecule has 1 aromatic carbocycles. The van der Waals surface area contributed by atoms with E-state index in [-0.39, 0.29) is 0 Å². The van der Waals surface area contributed by atoms with E-state index >= 15 is 0 Å². The van der Waals surface area contributed by atoms with Gasteiger partial charge in [0.1, 0.15) is 0 Å². The molecular weight excluding hydrogens is 310 g/mol. The molecule has 2 aliphatic heterocycles. The highest BCUT2D eigenvalue weighted by atomic mass is 15.6. The monoisotopic (exact) mass is 335 g/mol. The zero-order valence-corrected chi connectivity index (χ0v) is 15.3. The molecule has 0 aliphatic carbocycles. The number of hydrogen-bond acceptors (Lipinski definition) is 5. The fourth-order valence-electron chi connectivity index (χ4n) is 2.91. The molecule has 0 unspecified atom stereocenters. The lowest BCUT2D eigenvalue weighted by molar-refractivity contribution is 0.116. The van der Waals surface area contributed by atoms with Crippen LogP contribution in [-0.4, -0.2) is 41.4 Å². The van der Waals surface area contributed by atoms with Crippen LogP contribution >= 0.6 is 0 Å². The van der Waals surface area contributed by atoms with Crippen LogP contribution in [0.3, 0.4) is 0 Å². The Hall–Kier alpha value is -2.79. The molecule has 0 spiro atoms. The van der Waals surface area contributed by atoms with Gasteiger partial charge in [0, 0.05) is 56.2 Å². The van der Waals surface area contributed by atoms with E-state index in [4.69, 9.17) is 0 Å². The highest BCUT2D eigenvalue weighted by Crippen LogP contribution is 2.27. The van der Waals surface area contributed by atoms with E-state index in [2.05, 4.69) is 77.1 Å². The van der Waals surface area contributed by atoms with Crippen molar-refractivity contribution in [3.05, 3.63) is 78.1 Å². The molecule has 1 N–H and O–H groups in total. The number of nitrogens with one attached hydrogen (secondary N) is 1. The first kappa shape index (κ1) is 17.0. The normalized spacial score (nSPS) is 18.6. The van der Waals surface area contributed by atoms with Crippen LogP contribution in [0.2, 0.25) is 0 Å². The van der Waals surface area contributed by atoms with E-state index in [0.717, 1.165) is 29.5 Å². The Balaban J connectivity index is 1.79. The Labute approximate surface area is 149 Å². The molecule has 25 heavy (non-hydrogen) atoms. The Morgan fingerprint density at radius 1 is 1.24 bits per heavy atom. The van der Waals surface area contributed by atoms with Gasteiger partial charge >= 0.3 is 0 Å². The predicted molar refractivity (Wildman–Crippen MR) is 105 cm³/mol. The quantitative estimate of drug-likeness (QED) is 0.913. The van der Waals surface area contributed by atoms with Crippen molar-refractivity contribution in [1.29, 1.82) is 0 Å². The lowest BCUT2D eigenvalue weighted by atomic mass is 10.1. The van der Waals surface area contributed by atoms with E-state index < -0.39 is 0 Å². The van der Waals surface area contributed by atoms with Crippen LogP contribution in [0.1, 0.15) is 12.5 Å². The second-order valence-corrected chi connectivity index (χ2v) is 6.30. The van der Waals surface area contributed by atoms with Gasteiger partial charge in [-0.3, -0.25) is 0 Å². The number of nitrogens with zero attached hydrogens (tertiary/aromatic N) is 4. The third-order valence-corrected chi connectivity index (χ3v) is 4.44. The van der Waals surface area contributed by atoms with Gasteiger partial charge < -0.3 is 15.2 Å². The Morgan fingerprint density at radius 2 is 1.96 bits per heavy atom. The molecule has 0 atom stereocenters. The summed E-state index contributed by atoms with van der Waals surface area (Å²) in [6.45, 7) is 9.25. The van der Waals surface area contributed by atoms with Crippen LogP contribution in [0, 0.1) is 6.92 Å². The molecule has 0 amide bonds. The SMILES string of the molecule is C=C1C(Nc2ccc(C)cc2)=NC=CN1/C(=C\C)C1=CN(C)N(C)C1. The number of aliphatic imine (C=N–C) groups is 1. The predicted octanol–water partition coefficient (Wildman–Crippen LogP) is 3.69. The molecule has 2 heterocycles. The Bertz CT molecular complexity index is 783. The van der Waals surface area contributed by atoms with E-state index in [1.165, 1.54) is 11.1 Å². The number of hydrogen-bond donors (Lipinski definition) is 1. The summed E-state index contributed by atoms with van der Waals surface area (Å²) in [6.07, 6.45) is 8.02.